The summed E-state index contributed by atoms with van der Waals surface area (Å²) >= 11 is 0. The maximum absolute atomic E-state index is 15.3. The zero-order valence-corrected chi connectivity index (χ0v) is 60.0. The molecule has 0 saturated carbocycles. The minimum absolute atomic E-state index is 0.0159. The molecule has 0 radical (unpaired) electrons. The Kier molecular flexibility index (Phi) is 15.7. The molecule has 2 unspecified atom stereocenters. The van der Waals surface area contributed by atoms with Crippen LogP contribution in [0, 0.1) is 22.5 Å². The molecule has 4 heterocycles. The predicted octanol–water partition coefficient (Wildman–Crippen LogP) is 24.8. The van der Waals surface area contributed by atoms with Gasteiger partial charge in [-0.15, -0.1) is 0 Å². The third-order valence-corrected chi connectivity index (χ3v) is 24.0. The number of ether oxygens (including phenoxy) is 4. The van der Waals surface area contributed by atoms with Gasteiger partial charge in [-0.1, -0.05) is 172 Å². The fraction of sp³-hybridized carbons (Fsp3) is 0.163. The van der Waals surface area contributed by atoms with Crippen LogP contribution in [0.25, 0.3) is 71.7 Å². The molecular weight excluding hydrogens is 1340 g/mol. The molecule has 528 valence electrons. The summed E-state index contributed by atoms with van der Waals surface area (Å²) in [5, 5.41) is 4.20. The lowest BCUT2D eigenvalue weighted by Gasteiger charge is -2.40. The van der Waals surface area contributed by atoms with Crippen molar-refractivity contribution in [3.05, 3.63) is 365 Å². The Bertz CT molecular complexity index is 6060. The van der Waals surface area contributed by atoms with E-state index in [0.29, 0.717) is 39.6 Å². The lowest BCUT2D eigenvalue weighted by Crippen LogP contribution is -2.46. The molecule has 8 nitrogen and oxygen atoms in total. The van der Waals surface area contributed by atoms with Crippen molar-refractivity contribution in [3.63, 3.8) is 0 Å². The highest BCUT2D eigenvalue weighted by Crippen LogP contribution is 2.61. The van der Waals surface area contributed by atoms with Gasteiger partial charge in [-0.25, -0.2) is 8.78 Å². The van der Waals surface area contributed by atoms with E-state index >= 15 is 8.78 Å². The van der Waals surface area contributed by atoms with Crippen LogP contribution < -0.4 is 19.3 Å². The highest BCUT2D eigenvalue weighted by Gasteiger charge is 2.50. The Labute approximate surface area is 626 Å². The van der Waals surface area contributed by atoms with Crippen molar-refractivity contribution in [2.75, 3.05) is 49.4 Å². The number of furan rings is 2. The summed E-state index contributed by atoms with van der Waals surface area (Å²) in [5.41, 5.74) is 22.6. The van der Waals surface area contributed by atoms with E-state index in [9.17, 15) is 0 Å². The van der Waals surface area contributed by atoms with Gasteiger partial charge < -0.3 is 37.6 Å². The van der Waals surface area contributed by atoms with Crippen molar-refractivity contribution in [2.24, 2.45) is 10.8 Å². The topological polar surface area (TPSA) is 69.7 Å². The number of rotatable bonds is 19. The van der Waals surface area contributed by atoms with Crippen molar-refractivity contribution in [1.29, 1.82) is 0 Å². The molecule has 0 spiro atoms. The number of nitrogens with zero attached hydrogens (tertiary/aromatic N) is 2. The molecular formula is C98H76F2N2O6. The normalized spacial score (nSPS) is 17.8. The summed E-state index contributed by atoms with van der Waals surface area (Å²) in [5.74, 6) is 1.02. The van der Waals surface area contributed by atoms with E-state index in [2.05, 4.69) is 254 Å². The second-order valence-electron chi connectivity index (χ2n) is 30.0. The molecule has 0 amide bonds. The molecule has 0 N–H and O–H groups in total. The van der Waals surface area contributed by atoms with Crippen molar-refractivity contribution in [1.82, 2.24) is 0 Å². The van der Waals surface area contributed by atoms with Crippen LogP contribution in [0.1, 0.15) is 84.0 Å². The van der Waals surface area contributed by atoms with Crippen molar-refractivity contribution >= 4 is 83.6 Å². The van der Waals surface area contributed by atoms with E-state index in [-0.39, 0.29) is 22.5 Å². The van der Waals surface area contributed by atoms with E-state index in [1.54, 1.807) is 24.3 Å². The van der Waals surface area contributed by atoms with E-state index in [4.69, 9.17) is 27.8 Å². The van der Waals surface area contributed by atoms with Gasteiger partial charge in [-0.05, 0) is 237 Å². The summed E-state index contributed by atoms with van der Waals surface area (Å²) in [4.78, 5) is 4.66. The van der Waals surface area contributed by atoms with Crippen LogP contribution in [-0.4, -0.2) is 39.6 Å². The third kappa shape index (κ3) is 10.5. The zero-order valence-electron chi connectivity index (χ0n) is 60.0. The highest BCUT2D eigenvalue weighted by atomic mass is 19.1. The quantitative estimate of drug-likeness (QED) is 0.0793. The maximum Gasteiger partial charge on any atom is 0.137 e. The first-order valence-electron chi connectivity index (χ1n) is 37.7. The number of halogens is 2. The molecule has 2 aromatic heterocycles. The molecule has 20 rings (SSSR count). The van der Waals surface area contributed by atoms with Crippen molar-refractivity contribution < 1.29 is 36.6 Å². The highest BCUT2D eigenvalue weighted by molar-refractivity contribution is 6.08. The fourth-order valence-electron chi connectivity index (χ4n) is 17.9. The number of benzene rings is 13. The zero-order chi connectivity index (χ0) is 72.3. The van der Waals surface area contributed by atoms with Crippen LogP contribution in [0.3, 0.4) is 0 Å². The molecule has 2 saturated heterocycles. The molecule has 2 aliphatic heterocycles. The number of anilines is 6. The number of hydrogen-bond acceptors (Lipinski definition) is 8. The van der Waals surface area contributed by atoms with Crippen LogP contribution in [0.5, 0.6) is 11.5 Å². The smallest absolute Gasteiger partial charge is 0.137 e. The number of allylic oxidation sites excluding steroid dienone is 4. The Morgan fingerprint density at radius 1 is 0.361 bits per heavy atom. The number of fused-ring (bicyclic) bond motifs is 11. The first kappa shape index (κ1) is 65.4. The van der Waals surface area contributed by atoms with Gasteiger partial charge in [0.15, 0.2) is 0 Å². The van der Waals surface area contributed by atoms with Crippen molar-refractivity contribution in [2.45, 2.75) is 50.4 Å². The van der Waals surface area contributed by atoms with E-state index < -0.39 is 10.8 Å². The molecule has 2 atom stereocenters. The molecule has 5 aliphatic rings. The van der Waals surface area contributed by atoms with Gasteiger partial charge in [0.25, 0.3) is 0 Å². The maximum atomic E-state index is 15.3. The first-order valence-corrected chi connectivity index (χ1v) is 37.7. The number of para-hydroxylation sites is 2. The average molecular weight is 1420 g/mol. The minimum Gasteiger partial charge on any atom is -0.493 e. The van der Waals surface area contributed by atoms with Crippen LogP contribution in [-0.2, 0) is 20.3 Å². The summed E-state index contributed by atoms with van der Waals surface area (Å²) < 4.78 is 68.3. The van der Waals surface area contributed by atoms with Gasteiger partial charge in [0.2, 0.25) is 0 Å². The summed E-state index contributed by atoms with van der Waals surface area (Å²) in [6.45, 7) is 8.37. The van der Waals surface area contributed by atoms with Crippen LogP contribution in [0.2, 0.25) is 0 Å². The average Bonchev–Trinajstić information content (AvgIpc) is 1.53. The van der Waals surface area contributed by atoms with Gasteiger partial charge in [0, 0.05) is 67.8 Å². The molecule has 0 bridgehead atoms. The predicted molar refractivity (Wildman–Crippen MR) is 429 cm³/mol. The Hall–Kier alpha value is -12.1. The van der Waals surface area contributed by atoms with E-state index in [0.717, 1.165) is 182 Å². The van der Waals surface area contributed by atoms with Gasteiger partial charge in [0.1, 0.15) is 45.5 Å². The monoisotopic (exact) mass is 1410 g/mol. The molecule has 2 fully saturated rings. The third-order valence-electron chi connectivity index (χ3n) is 24.0. The van der Waals surface area contributed by atoms with E-state index in [1.165, 1.54) is 11.1 Å². The Balaban J connectivity index is 0.697. The van der Waals surface area contributed by atoms with Crippen LogP contribution >= 0.6 is 0 Å². The summed E-state index contributed by atoms with van der Waals surface area (Å²) in [6, 6.07) is 101. The van der Waals surface area contributed by atoms with Crippen LogP contribution in [0.15, 0.2) is 318 Å². The van der Waals surface area contributed by atoms with E-state index in [1.807, 2.05) is 48.5 Å². The summed E-state index contributed by atoms with van der Waals surface area (Å²) in [6.07, 6.45) is 8.26. The lowest BCUT2D eigenvalue weighted by atomic mass is 9.65. The standard InChI is InChI=1S/C98H76F2N2O6/c1-3-95(57-103-58-95)61-105-77-45-29-67(30-46-77)97(65-25-33-69(99)34-26-65)87-17-9-5-13-79(87)81-49-41-73(53-89(81)97)101(75-43-51-85-83-15-7-11-19-91(83)107-93(85)55-75)71-37-21-63(22-38-71)64-23-39-72(40-24-64)102(76-44-52-86-84-16-8-12-20-92(84)108-94(86)56-76)74-42-50-82-80-14-6-10-18-88(80)98(90(82)54-74,66-27-35-70(100)36-28-66)68-31-47-78(48-32-68)106-62-96(4-2)59-104-60-96/h5-9,11-17,19-56H,3-4,10,18,57-62H2,1-2H3. The SMILES string of the molecule is CCC1(COc2ccc(C3(c4ccc(F)cc4)C4=C(C=CCC4)c4ccc(N(c5ccc(-c6ccc(N(c7ccc8c(c7)C(c7ccc(F)cc7)(c7ccc(OCC9(CC)COC9)cc7)c7ccccc7-8)c7ccc8c(c7)oc7ccccc78)cc6)cc5)c5ccc6c(c5)oc5ccccc56)cc43)cc2)COC1. The van der Waals surface area contributed by atoms with Crippen LogP contribution in [0.4, 0.5) is 42.9 Å². The molecule has 15 aromatic rings. The summed E-state index contributed by atoms with van der Waals surface area (Å²) in [7, 11) is 0. The second kappa shape index (κ2) is 25.9. The van der Waals surface area contributed by atoms with Gasteiger partial charge in [-0.2, -0.15) is 0 Å². The second-order valence-corrected chi connectivity index (χ2v) is 30.0. The molecule has 13 aromatic carbocycles. The molecule has 10 heteroatoms. The fourth-order valence-corrected chi connectivity index (χ4v) is 17.9. The largest absolute Gasteiger partial charge is 0.493 e. The minimum atomic E-state index is -0.850. The Morgan fingerprint density at radius 2 is 0.759 bits per heavy atom. The lowest BCUT2D eigenvalue weighted by molar-refractivity contribution is -0.133. The number of hydrogen-bond donors (Lipinski definition) is 0. The molecule has 108 heavy (non-hydrogen) atoms. The van der Waals surface area contributed by atoms with Gasteiger partial charge in [0.05, 0.1) is 61.3 Å². The molecule has 3 aliphatic carbocycles. The van der Waals surface area contributed by atoms with Gasteiger partial charge >= 0.3 is 0 Å². The van der Waals surface area contributed by atoms with Gasteiger partial charge in [-0.3, -0.25) is 0 Å². The Morgan fingerprint density at radius 3 is 1.24 bits per heavy atom. The van der Waals surface area contributed by atoms with Crippen molar-refractivity contribution in [3.8, 4) is 33.8 Å². The first-order chi connectivity index (χ1) is 53.1.